The van der Waals surface area contributed by atoms with Crippen LogP contribution in [0.5, 0.6) is 0 Å². The molecule has 1 aliphatic rings. The van der Waals surface area contributed by atoms with Crippen molar-refractivity contribution < 1.29 is 0 Å². The zero-order chi connectivity index (χ0) is 12.3. The number of aryl methyl sites for hydroxylation is 1. The Labute approximate surface area is 106 Å². The van der Waals surface area contributed by atoms with Gasteiger partial charge in [-0.3, -0.25) is 4.79 Å². The highest BCUT2D eigenvalue weighted by molar-refractivity contribution is 7.07. The van der Waals surface area contributed by atoms with Crippen molar-refractivity contribution in [2.24, 2.45) is 0 Å². The van der Waals surface area contributed by atoms with E-state index in [9.17, 15) is 4.79 Å². The summed E-state index contributed by atoms with van der Waals surface area (Å²) in [6.45, 7) is 6.08. The molecule has 0 amide bonds. The quantitative estimate of drug-likeness (QED) is 0.868. The van der Waals surface area contributed by atoms with E-state index in [1.54, 1.807) is 0 Å². The van der Waals surface area contributed by atoms with Crippen LogP contribution in [0.25, 0.3) is 0 Å². The molecule has 1 aromatic heterocycles. The summed E-state index contributed by atoms with van der Waals surface area (Å²) in [5, 5.41) is 5.28. The molecule has 2 heterocycles. The average molecular weight is 255 g/mol. The molecule has 17 heavy (non-hydrogen) atoms. The number of hydrogen-bond acceptors (Lipinski definition) is 4. The number of thiazole rings is 1. The van der Waals surface area contributed by atoms with Crippen molar-refractivity contribution in [2.45, 2.75) is 32.4 Å². The molecular formula is C12H21N3OS. The van der Waals surface area contributed by atoms with Gasteiger partial charge in [0.1, 0.15) is 0 Å². The number of hydrogen-bond donors (Lipinski definition) is 1. The van der Waals surface area contributed by atoms with E-state index >= 15 is 0 Å². The molecule has 0 aromatic carbocycles. The average Bonchev–Trinajstić information content (AvgIpc) is 2.67. The molecule has 0 aliphatic carbocycles. The number of rotatable bonds is 4. The van der Waals surface area contributed by atoms with Crippen LogP contribution in [0.4, 0.5) is 0 Å². The Hall–Kier alpha value is -0.650. The van der Waals surface area contributed by atoms with Crippen LogP contribution in [-0.4, -0.2) is 42.2 Å². The van der Waals surface area contributed by atoms with E-state index in [1.807, 2.05) is 23.9 Å². The van der Waals surface area contributed by atoms with Gasteiger partial charge < -0.3 is 14.8 Å². The van der Waals surface area contributed by atoms with Crippen LogP contribution < -0.4 is 10.2 Å². The van der Waals surface area contributed by atoms with Gasteiger partial charge in [-0.05, 0) is 33.4 Å². The van der Waals surface area contributed by atoms with Gasteiger partial charge in [0, 0.05) is 36.8 Å². The Kier molecular flexibility index (Phi) is 4.36. The van der Waals surface area contributed by atoms with Gasteiger partial charge >= 0.3 is 4.87 Å². The lowest BCUT2D eigenvalue weighted by Gasteiger charge is -2.32. The fourth-order valence-electron chi connectivity index (χ4n) is 2.41. The van der Waals surface area contributed by atoms with Gasteiger partial charge in [0.2, 0.25) is 0 Å². The molecule has 1 aromatic rings. The number of nitrogens with one attached hydrogen (secondary N) is 1. The minimum atomic E-state index is 0.171. The van der Waals surface area contributed by atoms with Crippen LogP contribution in [0.15, 0.2) is 10.2 Å². The van der Waals surface area contributed by atoms with Crippen LogP contribution in [0.1, 0.15) is 18.5 Å². The first-order chi connectivity index (χ1) is 8.20. The monoisotopic (exact) mass is 255 g/mol. The lowest BCUT2D eigenvalue weighted by Crippen LogP contribution is -2.45. The number of nitrogens with zero attached hydrogens (tertiary/aromatic N) is 2. The molecule has 2 rings (SSSR count). The molecule has 0 spiro atoms. The normalized spacial score (nSPS) is 21.9. The molecule has 1 fully saturated rings. The standard InChI is InChI=1S/C12H21N3OS/c1-10-9-17-12(16)15(10)7-6-14-5-3-4-11(8-14)13-2/h9,11,13H,3-8H2,1-2H3. The maximum absolute atomic E-state index is 11.6. The topological polar surface area (TPSA) is 37.3 Å². The van der Waals surface area contributed by atoms with Crippen molar-refractivity contribution in [1.29, 1.82) is 0 Å². The van der Waals surface area contributed by atoms with Crippen LogP contribution in [0.2, 0.25) is 0 Å². The third-order valence-corrected chi connectivity index (χ3v) is 4.41. The fraction of sp³-hybridized carbons (Fsp3) is 0.750. The van der Waals surface area contributed by atoms with E-state index in [1.165, 1.54) is 24.2 Å². The van der Waals surface area contributed by atoms with Crippen molar-refractivity contribution in [3.63, 3.8) is 0 Å². The highest BCUT2D eigenvalue weighted by Gasteiger charge is 2.18. The molecule has 0 bridgehead atoms. The van der Waals surface area contributed by atoms with Crippen LogP contribution >= 0.6 is 11.3 Å². The van der Waals surface area contributed by atoms with Crippen molar-refractivity contribution >= 4 is 11.3 Å². The molecule has 1 aliphatic heterocycles. The molecule has 1 atom stereocenters. The number of aromatic nitrogens is 1. The Balaban J connectivity index is 1.88. The summed E-state index contributed by atoms with van der Waals surface area (Å²) in [6.07, 6.45) is 2.52. The zero-order valence-corrected chi connectivity index (χ0v) is 11.4. The predicted octanol–water partition coefficient (Wildman–Crippen LogP) is 0.902. The van der Waals surface area contributed by atoms with Crippen molar-refractivity contribution in [2.75, 3.05) is 26.7 Å². The Morgan fingerprint density at radius 2 is 2.35 bits per heavy atom. The van der Waals surface area contributed by atoms with Gasteiger partial charge in [-0.25, -0.2) is 0 Å². The largest absolute Gasteiger partial charge is 0.316 e. The molecular weight excluding hydrogens is 234 g/mol. The summed E-state index contributed by atoms with van der Waals surface area (Å²) in [7, 11) is 2.03. The van der Waals surface area contributed by atoms with Gasteiger partial charge in [0.25, 0.3) is 0 Å². The molecule has 0 radical (unpaired) electrons. The molecule has 96 valence electrons. The van der Waals surface area contributed by atoms with Crippen molar-refractivity contribution in [3.8, 4) is 0 Å². The van der Waals surface area contributed by atoms with E-state index in [0.29, 0.717) is 6.04 Å². The molecule has 5 heteroatoms. The minimum absolute atomic E-state index is 0.171. The third-order valence-electron chi connectivity index (χ3n) is 3.53. The maximum Gasteiger partial charge on any atom is 0.307 e. The Morgan fingerprint density at radius 3 is 3.00 bits per heavy atom. The van der Waals surface area contributed by atoms with E-state index in [4.69, 9.17) is 0 Å². The lowest BCUT2D eigenvalue weighted by atomic mass is 10.1. The first kappa shape index (κ1) is 12.8. The number of piperidine rings is 1. The van der Waals surface area contributed by atoms with Gasteiger partial charge in [-0.2, -0.15) is 0 Å². The predicted molar refractivity (Wildman–Crippen MR) is 71.8 cm³/mol. The number of likely N-dealkylation sites (N-methyl/N-ethyl adjacent to an activating group) is 1. The molecule has 0 saturated carbocycles. The van der Waals surface area contributed by atoms with E-state index in [-0.39, 0.29) is 4.87 Å². The summed E-state index contributed by atoms with van der Waals surface area (Å²) in [5.74, 6) is 0. The van der Waals surface area contributed by atoms with Gasteiger partial charge in [0.05, 0.1) is 0 Å². The lowest BCUT2D eigenvalue weighted by molar-refractivity contribution is 0.188. The van der Waals surface area contributed by atoms with E-state index in [0.717, 1.165) is 31.9 Å². The second kappa shape index (κ2) is 5.80. The second-order valence-electron chi connectivity index (χ2n) is 4.72. The number of likely N-dealkylation sites (tertiary alicyclic amines) is 1. The van der Waals surface area contributed by atoms with Crippen molar-refractivity contribution in [3.05, 3.63) is 20.7 Å². The smallest absolute Gasteiger partial charge is 0.307 e. The zero-order valence-electron chi connectivity index (χ0n) is 10.6. The summed E-state index contributed by atoms with van der Waals surface area (Å²) < 4.78 is 1.88. The summed E-state index contributed by atoms with van der Waals surface area (Å²) in [6, 6.07) is 0.615. The minimum Gasteiger partial charge on any atom is -0.316 e. The Bertz CT molecular complexity index is 412. The maximum atomic E-state index is 11.6. The van der Waals surface area contributed by atoms with Gasteiger partial charge in [0.15, 0.2) is 0 Å². The first-order valence-corrected chi connectivity index (χ1v) is 7.13. The highest BCUT2D eigenvalue weighted by atomic mass is 32.1. The van der Waals surface area contributed by atoms with Crippen molar-refractivity contribution in [1.82, 2.24) is 14.8 Å². The van der Waals surface area contributed by atoms with Gasteiger partial charge in [-0.1, -0.05) is 11.3 Å². The summed E-state index contributed by atoms with van der Waals surface area (Å²) >= 11 is 1.30. The van der Waals surface area contributed by atoms with E-state index in [2.05, 4.69) is 10.2 Å². The summed E-state index contributed by atoms with van der Waals surface area (Å²) in [5.41, 5.74) is 1.09. The third kappa shape index (κ3) is 3.18. The van der Waals surface area contributed by atoms with Crippen LogP contribution in [0, 0.1) is 6.92 Å². The SMILES string of the molecule is CNC1CCCN(CCn2c(C)csc2=O)C1. The molecule has 4 nitrogen and oxygen atoms in total. The molecule has 1 N–H and O–H groups in total. The van der Waals surface area contributed by atoms with Crippen LogP contribution in [-0.2, 0) is 6.54 Å². The Morgan fingerprint density at radius 1 is 1.53 bits per heavy atom. The van der Waals surface area contributed by atoms with Gasteiger partial charge in [-0.15, -0.1) is 0 Å². The molecule has 1 unspecified atom stereocenters. The van der Waals surface area contributed by atoms with Crippen LogP contribution in [0.3, 0.4) is 0 Å². The second-order valence-corrected chi connectivity index (χ2v) is 5.54. The summed E-state index contributed by atoms with van der Waals surface area (Å²) in [4.78, 5) is 14.2. The van der Waals surface area contributed by atoms with E-state index < -0.39 is 0 Å². The fourth-order valence-corrected chi connectivity index (χ4v) is 3.17. The molecule has 1 saturated heterocycles. The first-order valence-electron chi connectivity index (χ1n) is 6.25. The highest BCUT2D eigenvalue weighted by Crippen LogP contribution is 2.10.